The molecular weight excluding hydrogens is 162 g/mol. The Morgan fingerprint density at radius 2 is 1.92 bits per heavy atom. The van der Waals surface area contributed by atoms with Crippen LogP contribution in [0, 0.1) is 6.92 Å². The smallest absolute Gasteiger partial charge is 0.251 e. The molecule has 2 heteroatoms. The molecule has 0 unspecified atom stereocenters. The van der Waals surface area contributed by atoms with Gasteiger partial charge in [0.05, 0.1) is 0 Å². The first-order chi connectivity index (χ1) is 6.24. The molecule has 0 saturated carbocycles. The summed E-state index contributed by atoms with van der Waals surface area (Å²) in [6, 6.07) is 7.59. The summed E-state index contributed by atoms with van der Waals surface area (Å²) in [6.45, 7) is 4.79. The third kappa shape index (κ3) is 2.90. The number of carbonyl (C=O) groups is 1. The third-order valence-corrected chi connectivity index (χ3v) is 1.85. The van der Waals surface area contributed by atoms with Crippen molar-refractivity contribution in [2.24, 2.45) is 0 Å². The Hall–Kier alpha value is -1.31. The number of rotatable bonds is 3. The Labute approximate surface area is 79.0 Å². The largest absolute Gasteiger partial charge is 0.352 e. The van der Waals surface area contributed by atoms with Gasteiger partial charge in [-0.3, -0.25) is 4.79 Å². The van der Waals surface area contributed by atoms with Crippen LogP contribution < -0.4 is 5.32 Å². The Bertz CT molecular complexity index is 277. The number of hydrogen-bond donors (Lipinski definition) is 1. The Morgan fingerprint density at radius 1 is 1.31 bits per heavy atom. The van der Waals surface area contributed by atoms with Crippen molar-refractivity contribution in [1.29, 1.82) is 0 Å². The lowest BCUT2D eigenvalue weighted by atomic mass is 10.1. The lowest BCUT2D eigenvalue weighted by Crippen LogP contribution is -2.23. The van der Waals surface area contributed by atoms with Gasteiger partial charge in [-0.1, -0.05) is 24.6 Å². The van der Waals surface area contributed by atoms with Gasteiger partial charge in [0.25, 0.3) is 5.91 Å². The number of aryl methyl sites for hydroxylation is 1. The van der Waals surface area contributed by atoms with Crippen molar-refractivity contribution in [3.05, 3.63) is 35.4 Å². The first-order valence-corrected chi connectivity index (χ1v) is 4.59. The molecule has 0 saturated heterocycles. The van der Waals surface area contributed by atoms with Crippen molar-refractivity contribution in [3.8, 4) is 0 Å². The highest BCUT2D eigenvalue weighted by atomic mass is 16.1. The topological polar surface area (TPSA) is 29.1 Å². The van der Waals surface area contributed by atoms with E-state index in [0.29, 0.717) is 0 Å². The third-order valence-electron chi connectivity index (χ3n) is 1.85. The minimum Gasteiger partial charge on any atom is -0.352 e. The van der Waals surface area contributed by atoms with Gasteiger partial charge in [0.1, 0.15) is 0 Å². The number of carbonyl (C=O) groups excluding carboxylic acids is 1. The van der Waals surface area contributed by atoms with Gasteiger partial charge in [0, 0.05) is 12.1 Å². The fourth-order valence-electron chi connectivity index (χ4n) is 1.05. The number of benzene rings is 1. The van der Waals surface area contributed by atoms with E-state index in [1.807, 2.05) is 38.1 Å². The summed E-state index contributed by atoms with van der Waals surface area (Å²) in [5.41, 5.74) is 1.91. The maximum Gasteiger partial charge on any atom is 0.251 e. The summed E-state index contributed by atoms with van der Waals surface area (Å²) in [5, 5.41) is 2.83. The van der Waals surface area contributed by atoms with E-state index in [1.165, 1.54) is 5.56 Å². The fourth-order valence-corrected chi connectivity index (χ4v) is 1.05. The molecule has 0 atom stereocenters. The molecule has 1 aromatic rings. The highest BCUT2D eigenvalue weighted by Crippen LogP contribution is 2.02. The standard InChI is InChI=1S/C11H15NO/c1-3-8-12-11(13)10-6-4-9(2)5-7-10/h4-7H,3,8H2,1-2H3,(H,12,13). The molecule has 1 amide bonds. The van der Waals surface area contributed by atoms with Crippen LogP contribution in [0.5, 0.6) is 0 Å². The Morgan fingerprint density at radius 3 is 2.46 bits per heavy atom. The van der Waals surface area contributed by atoms with Crippen LogP contribution in [0.25, 0.3) is 0 Å². The van der Waals surface area contributed by atoms with Gasteiger partial charge in [-0.15, -0.1) is 0 Å². The summed E-state index contributed by atoms with van der Waals surface area (Å²) in [5.74, 6) is 0.0156. The van der Waals surface area contributed by atoms with E-state index in [9.17, 15) is 4.79 Å². The van der Waals surface area contributed by atoms with E-state index in [0.717, 1.165) is 18.5 Å². The van der Waals surface area contributed by atoms with Crippen LogP contribution in [0.2, 0.25) is 0 Å². The van der Waals surface area contributed by atoms with Crippen LogP contribution in [0.3, 0.4) is 0 Å². The highest BCUT2D eigenvalue weighted by molar-refractivity contribution is 5.94. The van der Waals surface area contributed by atoms with Gasteiger partial charge in [-0.05, 0) is 25.5 Å². The van der Waals surface area contributed by atoms with Gasteiger partial charge >= 0.3 is 0 Å². The van der Waals surface area contributed by atoms with Crippen LogP contribution in [-0.2, 0) is 0 Å². The van der Waals surface area contributed by atoms with Gasteiger partial charge < -0.3 is 5.32 Å². The normalized spacial score (nSPS) is 9.69. The second kappa shape index (κ2) is 4.65. The van der Waals surface area contributed by atoms with E-state index >= 15 is 0 Å². The zero-order chi connectivity index (χ0) is 9.68. The molecule has 0 aromatic heterocycles. The molecule has 0 bridgehead atoms. The molecule has 0 aliphatic heterocycles. The van der Waals surface area contributed by atoms with Crippen molar-refractivity contribution < 1.29 is 4.79 Å². The predicted octanol–water partition coefficient (Wildman–Crippen LogP) is 2.13. The van der Waals surface area contributed by atoms with Crippen LogP contribution in [0.1, 0.15) is 29.3 Å². The molecule has 0 fully saturated rings. The molecular formula is C11H15NO. The van der Waals surface area contributed by atoms with E-state index in [1.54, 1.807) is 0 Å². The molecule has 0 spiro atoms. The van der Waals surface area contributed by atoms with E-state index in [-0.39, 0.29) is 5.91 Å². The highest BCUT2D eigenvalue weighted by Gasteiger charge is 2.02. The molecule has 70 valence electrons. The van der Waals surface area contributed by atoms with Crippen LogP contribution in [0.15, 0.2) is 24.3 Å². The van der Waals surface area contributed by atoms with E-state index < -0.39 is 0 Å². The number of amides is 1. The molecule has 0 heterocycles. The minimum absolute atomic E-state index is 0.0156. The Balaban J connectivity index is 2.61. The molecule has 1 rings (SSSR count). The molecule has 0 radical (unpaired) electrons. The number of hydrogen-bond acceptors (Lipinski definition) is 1. The van der Waals surface area contributed by atoms with Crippen molar-refractivity contribution in [2.75, 3.05) is 6.54 Å². The zero-order valence-corrected chi connectivity index (χ0v) is 8.13. The molecule has 0 aliphatic rings. The average molecular weight is 177 g/mol. The predicted molar refractivity (Wildman–Crippen MR) is 53.8 cm³/mol. The lowest BCUT2D eigenvalue weighted by Gasteiger charge is -2.02. The van der Waals surface area contributed by atoms with Gasteiger partial charge in [-0.25, -0.2) is 0 Å². The summed E-state index contributed by atoms with van der Waals surface area (Å²) in [7, 11) is 0. The molecule has 0 aliphatic carbocycles. The number of nitrogens with one attached hydrogen (secondary N) is 1. The van der Waals surface area contributed by atoms with Crippen LogP contribution in [0.4, 0.5) is 0 Å². The van der Waals surface area contributed by atoms with E-state index in [4.69, 9.17) is 0 Å². The molecule has 1 aromatic carbocycles. The van der Waals surface area contributed by atoms with Gasteiger partial charge in [0.15, 0.2) is 0 Å². The fraction of sp³-hybridized carbons (Fsp3) is 0.364. The second-order valence-electron chi connectivity index (χ2n) is 3.12. The first kappa shape index (κ1) is 9.78. The van der Waals surface area contributed by atoms with Crippen molar-refractivity contribution >= 4 is 5.91 Å². The SMILES string of the molecule is CCCNC(=O)c1ccc(C)cc1. The first-order valence-electron chi connectivity index (χ1n) is 4.59. The quantitative estimate of drug-likeness (QED) is 0.753. The average Bonchev–Trinajstić information content (AvgIpc) is 2.15. The summed E-state index contributed by atoms with van der Waals surface area (Å²) in [4.78, 5) is 11.4. The van der Waals surface area contributed by atoms with E-state index in [2.05, 4.69) is 5.32 Å². The molecule has 1 N–H and O–H groups in total. The van der Waals surface area contributed by atoms with Crippen molar-refractivity contribution in [1.82, 2.24) is 5.32 Å². The Kier molecular flexibility index (Phi) is 3.50. The minimum atomic E-state index is 0.0156. The monoisotopic (exact) mass is 177 g/mol. The second-order valence-corrected chi connectivity index (χ2v) is 3.12. The van der Waals surface area contributed by atoms with Crippen LogP contribution >= 0.6 is 0 Å². The van der Waals surface area contributed by atoms with Crippen molar-refractivity contribution in [2.45, 2.75) is 20.3 Å². The van der Waals surface area contributed by atoms with Crippen LogP contribution in [-0.4, -0.2) is 12.5 Å². The summed E-state index contributed by atoms with van der Waals surface area (Å²) >= 11 is 0. The maximum atomic E-state index is 11.4. The molecule has 13 heavy (non-hydrogen) atoms. The van der Waals surface area contributed by atoms with Crippen molar-refractivity contribution in [3.63, 3.8) is 0 Å². The lowest BCUT2D eigenvalue weighted by molar-refractivity contribution is 0.0953. The molecule has 2 nitrogen and oxygen atoms in total. The zero-order valence-electron chi connectivity index (χ0n) is 8.13. The van der Waals surface area contributed by atoms with Gasteiger partial charge in [-0.2, -0.15) is 0 Å². The maximum absolute atomic E-state index is 11.4. The summed E-state index contributed by atoms with van der Waals surface area (Å²) < 4.78 is 0. The van der Waals surface area contributed by atoms with Gasteiger partial charge in [0.2, 0.25) is 0 Å². The summed E-state index contributed by atoms with van der Waals surface area (Å²) in [6.07, 6.45) is 0.970.